The van der Waals surface area contributed by atoms with Crippen LogP contribution in [0.5, 0.6) is 0 Å². The number of nitrogens with one attached hydrogen (secondary N) is 1. The lowest BCUT2D eigenvalue weighted by Gasteiger charge is -1.95. The zero-order valence-corrected chi connectivity index (χ0v) is 5.52. The van der Waals surface area contributed by atoms with Gasteiger partial charge in [-0.2, -0.15) is 0 Å². The third-order valence-corrected chi connectivity index (χ3v) is 0.987. The van der Waals surface area contributed by atoms with Crippen LogP contribution in [0.1, 0.15) is 0 Å². The Hall–Kier alpha value is -0.610. The van der Waals surface area contributed by atoms with Gasteiger partial charge in [-0.1, -0.05) is 0 Å². The van der Waals surface area contributed by atoms with Crippen molar-refractivity contribution in [2.24, 2.45) is 10.7 Å². The van der Waals surface area contributed by atoms with Crippen molar-refractivity contribution >= 4 is 24.7 Å². The van der Waals surface area contributed by atoms with Crippen LogP contribution in [0.2, 0.25) is 0 Å². The summed E-state index contributed by atoms with van der Waals surface area (Å²) in [5, 5.41) is 2.41. The Morgan fingerprint density at radius 3 is 2.78 bits per heavy atom. The minimum absolute atomic E-state index is 0. The first-order valence-corrected chi connectivity index (χ1v) is 2.36. The topological polar surface area (TPSA) is 67.5 Å². The lowest BCUT2D eigenvalue weighted by atomic mass is 10.3. The van der Waals surface area contributed by atoms with Gasteiger partial charge in [-0.15, -0.1) is 12.4 Å². The van der Waals surface area contributed by atoms with Crippen LogP contribution in [-0.2, 0) is 4.79 Å². The predicted molar refractivity (Wildman–Crippen MR) is 36.7 cm³/mol. The Balaban J connectivity index is 0.000000640. The van der Waals surface area contributed by atoms with Crippen LogP contribution in [0.15, 0.2) is 4.99 Å². The van der Waals surface area contributed by atoms with Crippen molar-refractivity contribution in [3.63, 3.8) is 0 Å². The van der Waals surface area contributed by atoms with Crippen LogP contribution in [0, 0.1) is 0 Å². The average molecular weight is 150 g/mol. The molecule has 0 fully saturated rings. The van der Waals surface area contributed by atoms with Gasteiger partial charge in [0, 0.05) is 6.54 Å². The van der Waals surface area contributed by atoms with Crippen LogP contribution in [-0.4, -0.2) is 24.8 Å². The summed E-state index contributed by atoms with van der Waals surface area (Å²) < 4.78 is 0. The Bertz CT molecular complexity index is 136. The van der Waals surface area contributed by atoms with E-state index in [0.717, 1.165) is 0 Å². The van der Waals surface area contributed by atoms with Crippen molar-refractivity contribution in [1.82, 2.24) is 5.32 Å². The molecule has 4 nitrogen and oxygen atoms in total. The average Bonchev–Trinajstić information content (AvgIpc) is 2.14. The van der Waals surface area contributed by atoms with Crippen molar-refractivity contribution < 1.29 is 4.79 Å². The van der Waals surface area contributed by atoms with Crippen LogP contribution < -0.4 is 11.1 Å². The van der Waals surface area contributed by atoms with Crippen LogP contribution >= 0.6 is 12.4 Å². The molecular weight excluding hydrogens is 142 g/mol. The van der Waals surface area contributed by atoms with E-state index in [2.05, 4.69) is 10.3 Å². The van der Waals surface area contributed by atoms with Gasteiger partial charge in [0.2, 0.25) is 0 Å². The van der Waals surface area contributed by atoms with Gasteiger partial charge in [-0.05, 0) is 0 Å². The second kappa shape index (κ2) is 3.42. The smallest absolute Gasteiger partial charge is 0.251 e. The Morgan fingerprint density at radius 2 is 2.56 bits per heavy atom. The summed E-state index contributed by atoms with van der Waals surface area (Å²) in [6.45, 7) is 0.294. The first-order valence-electron chi connectivity index (χ1n) is 2.36. The van der Waals surface area contributed by atoms with Gasteiger partial charge in [-0.3, -0.25) is 9.79 Å². The molecule has 0 aromatic rings. The highest BCUT2D eigenvalue weighted by Gasteiger charge is 2.17. The first-order chi connectivity index (χ1) is 3.84. The van der Waals surface area contributed by atoms with Crippen LogP contribution in [0.4, 0.5) is 0 Å². The van der Waals surface area contributed by atoms with Crippen molar-refractivity contribution in [2.45, 2.75) is 6.04 Å². The zero-order valence-electron chi connectivity index (χ0n) is 4.70. The molecule has 1 amide bonds. The molecule has 3 N–H and O–H groups in total. The van der Waals surface area contributed by atoms with Gasteiger partial charge >= 0.3 is 0 Å². The molecular formula is C4H8ClN3O. The third kappa shape index (κ3) is 1.65. The molecule has 0 spiro atoms. The number of rotatable bonds is 1. The highest BCUT2D eigenvalue weighted by molar-refractivity contribution is 5.96. The van der Waals surface area contributed by atoms with Gasteiger partial charge in [0.1, 0.15) is 6.04 Å². The summed E-state index contributed by atoms with van der Waals surface area (Å²) in [4.78, 5) is 14.2. The number of hydrogen-bond acceptors (Lipinski definition) is 3. The second-order valence-corrected chi connectivity index (χ2v) is 1.54. The molecule has 0 saturated carbocycles. The molecule has 0 bridgehead atoms. The molecule has 1 rings (SSSR count). The summed E-state index contributed by atoms with van der Waals surface area (Å²) in [6.07, 6.45) is 1.37. The minimum atomic E-state index is -0.338. The largest absolute Gasteiger partial charge is 0.328 e. The molecule has 0 aromatic heterocycles. The van der Waals surface area contributed by atoms with Crippen molar-refractivity contribution in [3.8, 4) is 0 Å². The van der Waals surface area contributed by atoms with Crippen molar-refractivity contribution in [2.75, 3.05) is 6.54 Å². The third-order valence-electron chi connectivity index (χ3n) is 0.987. The van der Waals surface area contributed by atoms with E-state index in [1.54, 1.807) is 0 Å². The van der Waals surface area contributed by atoms with Crippen LogP contribution in [0.25, 0.3) is 0 Å². The van der Waals surface area contributed by atoms with Crippen LogP contribution in [0.3, 0.4) is 0 Å². The number of halogens is 1. The number of amides is 1. The molecule has 0 saturated heterocycles. The van der Waals surface area contributed by atoms with E-state index in [9.17, 15) is 4.79 Å². The van der Waals surface area contributed by atoms with Gasteiger partial charge in [-0.25, -0.2) is 0 Å². The highest BCUT2D eigenvalue weighted by Crippen LogP contribution is 1.90. The SMILES string of the molecule is Cl.NCC1N=CNC1=O. The summed E-state index contributed by atoms with van der Waals surface area (Å²) in [5.41, 5.74) is 5.15. The minimum Gasteiger partial charge on any atom is -0.328 e. The Labute approximate surface area is 58.9 Å². The standard InChI is InChI=1S/C4H7N3O.ClH/c5-1-3-4(8)7-2-6-3;/h2-3H,1,5H2,(H,6,7,8);1H. The molecule has 1 atom stereocenters. The number of carbonyl (C=O) groups is 1. The van der Waals surface area contributed by atoms with Gasteiger partial charge in [0.05, 0.1) is 6.34 Å². The van der Waals surface area contributed by atoms with E-state index in [1.807, 2.05) is 0 Å². The fraction of sp³-hybridized carbons (Fsp3) is 0.500. The molecule has 1 aliphatic heterocycles. The second-order valence-electron chi connectivity index (χ2n) is 1.54. The maximum atomic E-state index is 10.5. The summed E-state index contributed by atoms with van der Waals surface area (Å²) in [5.74, 6) is -0.104. The molecule has 0 radical (unpaired) electrons. The number of carbonyl (C=O) groups excluding carboxylic acids is 1. The van der Waals surface area contributed by atoms with E-state index >= 15 is 0 Å². The predicted octanol–water partition coefficient (Wildman–Crippen LogP) is -1.11. The Kier molecular flexibility index (Phi) is 3.19. The monoisotopic (exact) mass is 149 g/mol. The molecule has 9 heavy (non-hydrogen) atoms. The van der Waals surface area contributed by atoms with E-state index in [0.29, 0.717) is 6.54 Å². The number of aliphatic imine (C=N–C) groups is 1. The van der Waals surface area contributed by atoms with E-state index in [-0.39, 0.29) is 24.4 Å². The summed E-state index contributed by atoms with van der Waals surface area (Å²) in [6, 6.07) is -0.338. The number of nitrogens with zero attached hydrogens (tertiary/aromatic N) is 1. The molecule has 5 heteroatoms. The molecule has 1 aliphatic rings. The fourth-order valence-corrected chi connectivity index (χ4v) is 0.523. The molecule has 1 heterocycles. The first kappa shape index (κ1) is 8.39. The van der Waals surface area contributed by atoms with Crippen molar-refractivity contribution in [3.05, 3.63) is 0 Å². The van der Waals surface area contributed by atoms with E-state index < -0.39 is 0 Å². The summed E-state index contributed by atoms with van der Waals surface area (Å²) in [7, 11) is 0. The molecule has 52 valence electrons. The maximum Gasteiger partial charge on any atom is 0.251 e. The quantitative estimate of drug-likeness (QED) is 0.497. The summed E-state index contributed by atoms with van der Waals surface area (Å²) >= 11 is 0. The maximum absolute atomic E-state index is 10.5. The zero-order chi connectivity index (χ0) is 5.98. The highest BCUT2D eigenvalue weighted by atomic mass is 35.5. The lowest BCUT2D eigenvalue weighted by Crippen LogP contribution is -2.30. The molecule has 0 aromatic carbocycles. The number of hydrogen-bond donors (Lipinski definition) is 2. The fourth-order valence-electron chi connectivity index (χ4n) is 0.523. The number of nitrogens with two attached hydrogens (primary N) is 1. The van der Waals surface area contributed by atoms with Gasteiger partial charge < -0.3 is 11.1 Å². The molecule has 1 unspecified atom stereocenters. The van der Waals surface area contributed by atoms with Crippen molar-refractivity contribution in [1.29, 1.82) is 0 Å². The molecule has 0 aliphatic carbocycles. The van der Waals surface area contributed by atoms with E-state index in [4.69, 9.17) is 5.73 Å². The van der Waals surface area contributed by atoms with Gasteiger partial charge in [0.25, 0.3) is 5.91 Å². The Morgan fingerprint density at radius 1 is 1.89 bits per heavy atom. The lowest BCUT2D eigenvalue weighted by molar-refractivity contribution is -0.119. The van der Waals surface area contributed by atoms with E-state index in [1.165, 1.54) is 6.34 Å². The normalized spacial score (nSPS) is 23.2. The van der Waals surface area contributed by atoms with Gasteiger partial charge in [0.15, 0.2) is 0 Å².